The fourth-order valence-corrected chi connectivity index (χ4v) is 5.09. The Morgan fingerprint density at radius 2 is 1.66 bits per heavy atom. The first-order valence-corrected chi connectivity index (χ1v) is 11.4. The molecule has 0 bridgehead atoms. The standard InChI is InChI=1S/C29H28N2O/c1-29(2,3)25-14-13-22(25)20-9-11-21(12-10-20)28-23(19-7-5-4-6-8-19)17-24-26(31-28)15-16-30-27(24)18-32/h4-12,15-18,22,25H,13-14H2,1-3H3. The molecule has 3 heteroatoms. The van der Waals surface area contributed by atoms with E-state index in [-0.39, 0.29) is 0 Å². The predicted octanol–water partition coefficient (Wildman–Crippen LogP) is 7.32. The highest BCUT2D eigenvalue weighted by Crippen LogP contribution is 2.51. The Morgan fingerprint density at radius 3 is 2.28 bits per heavy atom. The molecule has 1 aliphatic rings. The van der Waals surface area contributed by atoms with E-state index in [1.165, 1.54) is 18.4 Å². The SMILES string of the molecule is CC(C)(C)C1CCC1c1ccc(-c2nc3ccnc(C=O)c3cc2-c2ccccc2)cc1. The van der Waals surface area contributed by atoms with Gasteiger partial charge in [-0.3, -0.25) is 9.78 Å². The lowest BCUT2D eigenvalue weighted by molar-refractivity contribution is 0.106. The van der Waals surface area contributed by atoms with Crippen molar-refractivity contribution < 1.29 is 4.79 Å². The smallest absolute Gasteiger partial charge is 0.169 e. The van der Waals surface area contributed by atoms with Crippen molar-refractivity contribution in [2.75, 3.05) is 0 Å². The van der Waals surface area contributed by atoms with Gasteiger partial charge in [-0.1, -0.05) is 75.4 Å². The van der Waals surface area contributed by atoms with Crippen LogP contribution < -0.4 is 0 Å². The molecule has 160 valence electrons. The molecule has 2 aromatic carbocycles. The summed E-state index contributed by atoms with van der Waals surface area (Å²) in [6, 6.07) is 23.1. The van der Waals surface area contributed by atoms with Gasteiger partial charge < -0.3 is 0 Å². The molecular weight excluding hydrogens is 392 g/mol. The summed E-state index contributed by atoms with van der Waals surface area (Å²) in [5.74, 6) is 1.38. The van der Waals surface area contributed by atoms with Crippen molar-refractivity contribution in [2.45, 2.75) is 39.5 Å². The highest BCUT2D eigenvalue weighted by Gasteiger charge is 2.39. The third kappa shape index (κ3) is 3.62. The molecule has 2 heterocycles. The largest absolute Gasteiger partial charge is 0.296 e. The third-order valence-corrected chi connectivity index (χ3v) is 6.97. The second-order valence-corrected chi connectivity index (χ2v) is 9.91. The van der Waals surface area contributed by atoms with Gasteiger partial charge in [0.15, 0.2) is 6.29 Å². The number of rotatable bonds is 4. The molecule has 1 saturated carbocycles. The number of aldehydes is 1. The first-order valence-electron chi connectivity index (χ1n) is 11.4. The molecule has 0 amide bonds. The lowest BCUT2D eigenvalue weighted by atomic mass is 9.59. The summed E-state index contributed by atoms with van der Waals surface area (Å²) in [6.07, 6.45) is 5.04. The van der Waals surface area contributed by atoms with Crippen LogP contribution in [-0.4, -0.2) is 16.3 Å². The summed E-state index contributed by atoms with van der Waals surface area (Å²) in [4.78, 5) is 20.8. The Bertz CT molecular complexity index is 1270. The Morgan fingerprint density at radius 1 is 0.906 bits per heavy atom. The summed E-state index contributed by atoms with van der Waals surface area (Å²) in [7, 11) is 0. The second kappa shape index (κ2) is 7.98. The summed E-state index contributed by atoms with van der Waals surface area (Å²) < 4.78 is 0. The van der Waals surface area contributed by atoms with E-state index in [9.17, 15) is 4.79 Å². The van der Waals surface area contributed by atoms with Gasteiger partial charge >= 0.3 is 0 Å². The van der Waals surface area contributed by atoms with Crippen LogP contribution in [0.5, 0.6) is 0 Å². The fraction of sp³-hybridized carbons (Fsp3) is 0.276. The van der Waals surface area contributed by atoms with E-state index in [4.69, 9.17) is 4.98 Å². The molecule has 5 rings (SSSR count). The van der Waals surface area contributed by atoms with Gasteiger partial charge in [-0.2, -0.15) is 0 Å². The molecule has 0 N–H and O–H groups in total. The molecule has 0 aliphatic heterocycles. The minimum Gasteiger partial charge on any atom is -0.296 e. The van der Waals surface area contributed by atoms with E-state index in [2.05, 4.69) is 68.2 Å². The Kier molecular flexibility index (Phi) is 5.13. The average Bonchev–Trinajstić information content (AvgIpc) is 2.77. The van der Waals surface area contributed by atoms with E-state index >= 15 is 0 Å². The first-order chi connectivity index (χ1) is 15.5. The molecule has 2 aromatic heterocycles. The number of pyridine rings is 2. The number of hydrogen-bond donors (Lipinski definition) is 0. The second-order valence-electron chi connectivity index (χ2n) is 9.91. The minimum atomic E-state index is 0.340. The number of carbonyl (C=O) groups is 1. The van der Waals surface area contributed by atoms with E-state index in [1.54, 1.807) is 6.20 Å². The van der Waals surface area contributed by atoms with Crippen LogP contribution in [0.25, 0.3) is 33.3 Å². The molecule has 1 aliphatic carbocycles. The van der Waals surface area contributed by atoms with Crippen LogP contribution in [0.4, 0.5) is 0 Å². The Labute approximate surface area is 189 Å². The highest BCUT2D eigenvalue weighted by atomic mass is 16.1. The number of aromatic nitrogens is 2. The van der Waals surface area contributed by atoms with E-state index < -0.39 is 0 Å². The predicted molar refractivity (Wildman–Crippen MR) is 131 cm³/mol. The topological polar surface area (TPSA) is 42.9 Å². The zero-order valence-electron chi connectivity index (χ0n) is 18.9. The van der Waals surface area contributed by atoms with Crippen molar-refractivity contribution >= 4 is 17.2 Å². The van der Waals surface area contributed by atoms with Crippen molar-refractivity contribution in [3.05, 3.63) is 84.2 Å². The van der Waals surface area contributed by atoms with Crippen LogP contribution >= 0.6 is 0 Å². The Hall–Kier alpha value is -3.33. The summed E-state index contributed by atoms with van der Waals surface area (Å²) in [5, 5.41) is 0.782. The number of carbonyl (C=O) groups excluding carboxylic acids is 1. The fourth-order valence-electron chi connectivity index (χ4n) is 5.09. The van der Waals surface area contributed by atoms with Gasteiger partial charge in [0.25, 0.3) is 0 Å². The molecule has 2 atom stereocenters. The summed E-state index contributed by atoms with van der Waals surface area (Å²) in [6.45, 7) is 7.06. The van der Waals surface area contributed by atoms with E-state index in [0.717, 1.165) is 45.5 Å². The van der Waals surface area contributed by atoms with Gasteiger partial charge in [-0.05, 0) is 53.4 Å². The zero-order valence-corrected chi connectivity index (χ0v) is 18.9. The van der Waals surface area contributed by atoms with Gasteiger partial charge in [-0.25, -0.2) is 4.98 Å². The maximum Gasteiger partial charge on any atom is 0.169 e. The Balaban J connectivity index is 1.61. The van der Waals surface area contributed by atoms with Crippen LogP contribution in [0, 0.1) is 11.3 Å². The van der Waals surface area contributed by atoms with Gasteiger partial charge in [0.2, 0.25) is 0 Å². The molecule has 4 aromatic rings. The quantitative estimate of drug-likeness (QED) is 0.325. The highest BCUT2D eigenvalue weighted by molar-refractivity contribution is 5.99. The molecule has 0 radical (unpaired) electrons. The van der Waals surface area contributed by atoms with Crippen LogP contribution in [0.2, 0.25) is 0 Å². The normalized spacial score (nSPS) is 18.3. The van der Waals surface area contributed by atoms with Crippen molar-refractivity contribution in [1.29, 1.82) is 0 Å². The molecule has 3 nitrogen and oxygen atoms in total. The lowest BCUT2D eigenvalue weighted by Gasteiger charge is -2.45. The monoisotopic (exact) mass is 420 g/mol. The van der Waals surface area contributed by atoms with Crippen LogP contribution in [-0.2, 0) is 0 Å². The molecule has 1 fully saturated rings. The zero-order chi connectivity index (χ0) is 22.3. The molecule has 0 saturated heterocycles. The average molecular weight is 421 g/mol. The lowest BCUT2D eigenvalue weighted by Crippen LogP contribution is -2.34. The number of hydrogen-bond acceptors (Lipinski definition) is 3. The number of benzene rings is 2. The maximum atomic E-state index is 11.6. The third-order valence-electron chi connectivity index (χ3n) is 6.97. The van der Waals surface area contributed by atoms with Crippen LogP contribution in [0.15, 0.2) is 72.9 Å². The van der Waals surface area contributed by atoms with Crippen LogP contribution in [0.3, 0.4) is 0 Å². The van der Waals surface area contributed by atoms with E-state index in [0.29, 0.717) is 17.0 Å². The summed E-state index contributed by atoms with van der Waals surface area (Å²) >= 11 is 0. The van der Waals surface area contributed by atoms with Crippen molar-refractivity contribution in [1.82, 2.24) is 9.97 Å². The minimum absolute atomic E-state index is 0.340. The van der Waals surface area contributed by atoms with E-state index in [1.807, 2.05) is 24.3 Å². The first kappa shape index (κ1) is 20.6. The molecule has 2 unspecified atom stereocenters. The molecular formula is C29H28N2O. The number of fused-ring (bicyclic) bond motifs is 1. The maximum absolute atomic E-state index is 11.6. The van der Waals surface area contributed by atoms with Gasteiger partial charge in [0, 0.05) is 22.7 Å². The summed E-state index contributed by atoms with van der Waals surface area (Å²) in [5.41, 5.74) is 7.08. The van der Waals surface area contributed by atoms with Gasteiger partial charge in [0.1, 0.15) is 5.69 Å². The number of nitrogens with zero attached hydrogens (tertiary/aromatic N) is 2. The van der Waals surface area contributed by atoms with Crippen molar-refractivity contribution in [3.63, 3.8) is 0 Å². The van der Waals surface area contributed by atoms with Crippen molar-refractivity contribution in [2.24, 2.45) is 11.3 Å². The molecule has 32 heavy (non-hydrogen) atoms. The van der Waals surface area contributed by atoms with Gasteiger partial charge in [-0.15, -0.1) is 0 Å². The van der Waals surface area contributed by atoms with Crippen molar-refractivity contribution in [3.8, 4) is 22.4 Å². The van der Waals surface area contributed by atoms with Crippen LogP contribution in [0.1, 0.15) is 55.6 Å². The van der Waals surface area contributed by atoms with Gasteiger partial charge in [0.05, 0.1) is 11.2 Å². The molecule has 0 spiro atoms.